The van der Waals surface area contributed by atoms with Crippen LogP contribution in [0.15, 0.2) is 5.38 Å². The Bertz CT molecular complexity index is 523. The van der Waals surface area contributed by atoms with Gasteiger partial charge in [-0.3, -0.25) is 4.79 Å². The van der Waals surface area contributed by atoms with Crippen LogP contribution in [0.4, 0.5) is 0 Å². The molecule has 1 aromatic heterocycles. The van der Waals surface area contributed by atoms with Crippen molar-refractivity contribution in [3.8, 4) is 0 Å². The van der Waals surface area contributed by atoms with Crippen molar-refractivity contribution in [2.24, 2.45) is 0 Å². The molecule has 0 radical (unpaired) electrons. The zero-order valence-electron chi connectivity index (χ0n) is 12.7. The van der Waals surface area contributed by atoms with Crippen LogP contribution in [-0.4, -0.2) is 41.0 Å². The van der Waals surface area contributed by atoms with Gasteiger partial charge in [-0.25, -0.2) is 4.98 Å². The Kier molecular flexibility index (Phi) is 5.75. The van der Waals surface area contributed by atoms with Gasteiger partial charge >= 0.3 is 0 Å². The van der Waals surface area contributed by atoms with Gasteiger partial charge in [0.05, 0.1) is 5.01 Å². The van der Waals surface area contributed by atoms with E-state index in [9.17, 15) is 4.79 Å². The molecule has 2 bridgehead atoms. The first-order valence-corrected chi connectivity index (χ1v) is 8.57. The Hall–Kier alpha value is -0.360. The third kappa shape index (κ3) is 3.42. The second-order valence-corrected chi connectivity index (χ2v) is 7.41. The number of nitrogens with one attached hydrogen (secondary N) is 1. The predicted octanol–water partition coefficient (Wildman–Crippen LogP) is 3.22. The van der Waals surface area contributed by atoms with E-state index in [0.717, 1.165) is 17.8 Å². The monoisotopic (exact) mass is 363 g/mol. The van der Waals surface area contributed by atoms with E-state index in [4.69, 9.17) is 0 Å². The first-order chi connectivity index (χ1) is 9.70. The minimum atomic E-state index is 0. The second kappa shape index (κ2) is 7.04. The van der Waals surface area contributed by atoms with E-state index in [-0.39, 0.29) is 30.7 Å². The van der Waals surface area contributed by atoms with Gasteiger partial charge in [0.25, 0.3) is 5.91 Å². The molecule has 1 amide bonds. The lowest BCUT2D eigenvalue weighted by Gasteiger charge is -2.35. The fourth-order valence-electron chi connectivity index (χ4n) is 3.59. The molecule has 3 heterocycles. The van der Waals surface area contributed by atoms with Gasteiger partial charge in [-0.15, -0.1) is 36.2 Å². The molecular formula is C15H23Cl2N3OS. The van der Waals surface area contributed by atoms with Crippen LogP contribution in [0.2, 0.25) is 0 Å². The fourth-order valence-corrected chi connectivity index (χ4v) is 4.56. The maximum absolute atomic E-state index is 12.6. The standard InChI is InChI=1S/C15H21N3OS.2ClH/c1-18(12-6-10-4-5-11(7-12)16-10)15(19)13-8-20-14(17-13)9-2-3-9;;/h8-12,16H,2-7H2,1H3;2*1H. The van der Waals surface area contributed by atoms with Gasteiger partial charge in [0.15, 0.2) is 0 Å². The summed E-state index contributed by atoms with van der Waals surface area (Å²) in [6, 6.07) is 1.62. The molecule has 22 heavy (non-hydrogen) atoms. The minimum absolute atomic E-state index is 0. The Morgan fingerprint density at radius 3 is 2.45 bits per heavy atom. The molecule has 4 rings (SSSR count). The second-order valence-electron chi connectivity index (χ2n) is 6.52. The van der Waals surface area contributed by atoms with Gasteiger partial charge in [-0.1, -0.05) is 0 Å². The molecule has 7 heteroatoms. The van der Waals surface area contributed by atoms with Gasteiger partial charge in [-0.05, 0) is 38.5 Å². The molecule has 4 nitrogen and oxygen atoms in total. The van der Waals surface area contributed by atoms with Crippen molar-refractivity contribution in [2.45, 2.75) is 62.6 Å². The molecule has 1 saturated carbocycles. The highest BCUT2D eigenvalue weighted by Gasteiger charge is 2.37. The molecule has 2 unspecified atom stereocenters. The van der Waals surface area contributed by atoms with Crippen LogP contribution < -0.4 is 5.32 Å². The summed E-state index contributed by atoms with van der Waals surface area (Å²) in [5.74, 6) is 0.751. The van der Waals surface area contributed by atoms with E-state index in [2.05, 4.69) is 10.3 Å². The highest BCUT2D eigenvalue weighted by atomic mass is 35.5. The normalized spacial score (nSPS) is 29.4. The Labute approximate surface area is 147 Å². The van der Waals surface area contributed by atoms with E-state index >= 15 is 0 Å². The van der Waals surface area contributed by atoms with E-state index < -0.39 is 0 Å². The summed E-state index contributed by atoms with van der Waals surface area (Å²) < 4.78 is 0. The number of halogens is 2. The van der Waals surface area contributed by atoms with Gasteiger partial charge in [0.1, 0.15) is 5.69 Å². The minimum Gasteiger partial charge on any atom is -0.337 e. The number of aromatic nitrogens is 1. The van der Waals surface area contributed by atoms with Gasteiger partial charge in [0, 0.05) is 36.5 Å². The van der Waals surface area contributed by atoms with Crippen LogP contribution in [0.1, 0.15) is 59.9 Å². The van der Waals surface area contributed by atoms with Crippen molar-refractivity contribution < 1.29 is 4.79 Å². The van der Waals surface area contributed by atoms with Crippen LogP contribution in [0.3, 0.4) is 0 Å². The predicted molar refractivity (Wildman–Crippen MR) is 93.6 cm³/mol. The first-order valence-electron chi connectivity index (χ1n) is 7.69. The number of hydrogen-bond acceptors (Lipinski definition) is 4. The van der Waals surface area contributed by atoms with Crippen LogP contribution in [0.25, 0.3) is 0 Å². The number of rotatable bonds is 3. The number of nitrogens with zero attached hydrogens (tertiary/aromatic N) is 2. The molecule has 1 N–H and O–H groups in total. The zero-order chi connectivity index (χ0) is 13.7. The van der Waals surface area contributed by atoms with E-state index in [0.29, 0.717) is 29.7 Å². The van der Waals surface area contributed by atoms with E-state index in [1.807, 2.05) is 17.3 Å². The summed E-state index contributed by atoms with van der Waals surface area (Å²) in [5, 5.41) is 6.74. The molecule has 124 valence electrons. The summed E-state index contributed by atoms with van der Waals surface area (Å²) in [5.41, 5.74) is 0.658. The van der Waals surface area contributed by atoms with Gasteiger partial charge < -0.3 is 10.2 Å². The Morgan fingerprint density at radius 2 is 1.86 bits per heavy atom. The fraction of sp³-hybridized carbons (Fsp3) is 0.733. The number of carbonyl (C=O) groups is 1. The molecule has 0 aromatic carbocycles. The lowest BCUT2D eigenvalue weighted by Crippen LogP contribution is -2.48. The number of amides is 1. The quantitative estimate of drug-likeness (QED) is 0.896. The topological polar surface area (TPSA) is 45.2 Å². The molecule has 3 fully saturated rings. The highest BCUT2D eigenvalue weighted by Crippen LogP contribution is 2.41. The molecule has 1 aromatic rings. The molecule has 2 aliphatic heterocycles. The van der Waals surface area contributed by atoms with Gasteiger partial charge in [-0.2, -0.15) is 0 Å². The first kappa shape index (κ1) is 18.0. The van der Waals surface area contributed by atoms with Crippen molar-refractivity contribution in [2.75, 3.05) is 7.05 Å². The summed E-state index contributed by atoms with van der Waals surface area (Å²) in [7, 11) is 1.95. The molecule has 2 saturated heterocycles. The van der Waals surface area contributed by atoms with Crippen LogP contribution >= 0.6 is 36.2 Å². The van der Waals surface area contributed by atoms with Crippen molar-refractivity contribution in [1.29, 1.82) is 0 Å². The van der Waals surface area contributed by atoms with E-state index in [1.54, 1.807) is 11.3 Å². The summed E-state index contributed by atoms with van der Waals surface area (Å²) in [6.07, 6.45) is 7.22. The van der Waals surface area contributed by atoms with Crippen molar-refractivity contribution in [3.05, 3.63) is 16.1 Å². The van der Waals surface area contributed by atoms with Crippen molar-refractivity contribution >= 4 is 42.1 Å². The third-order valence-electron chi connectivity index (χ3n) is 4.98. The molecule has 1 aliphatic carbocycles. The number of hydrogen-bond donors (Lipinski definition) is 1. The average molecular weight is 364 g/mol. The lowest BCUT2D eigenvalue weighted by atomic mass is 9.98. The van der Waals surface area contributed by atoms with Gasteiger partial charge in [0.2, 0.25) is 0 Å². The molecule has 0 spiro atoms. The average Bonchev–Trinajstić information content (AvgIpc) is 3.11. The lowest BCUT2D eigenvalue weighted by molar-refractivity contribution is 0.0676. The molecule has 2 atom stereocenters. The largest absolute Gasteiger partial charge is 0.337 e. The maximum Gasteiger partial charge on any atom is 0.273 e. The van der Waals surface area contributed by atoms with Crippen molar-refractivity contribution in [1.82, 2.24) is 15.2 Å². The maximum atomic E-state index is 12.6. The van der Waals surface area contributed by atoms with Crippen LogP contribution in [-0.2, 0) is 0 Å². The third-order valence-corrected chi connectivity index (χ3v) is 5.99. The zero-order valence-corrected chi connectivity index (χ0v) is 15.1. The van der Waals surface area contributed by atoms with E-state index in [1.165, 1.54) is 25.7 Å². The smallest absolute Gasteiger partial charge is 0.273 e. The SMILES string of the molecule is CN(C(=O)c1csc(C2CC2)n1)C1CC2CCC(C1)N2.Cl.Cl. The van der Waals surface area contributed by atoms with Crippen molar-refractivity contribution in [3.63, 3.8) is 0 Å². The molecule has 3 aliphatic rings. The highest BCUT2D eigenvalue weighted by molar-refractivity contribution is 7.10. The summed E-state index contributed by atoms with van der Waals surface area (Å²) in [4.78, 5) is 19.1. The molecular weight excluding hydrogens is 341 g/mol. The number of thiazole rings is 1. The Balaban J connectivity index is 0.000000882. The summed E-state index contributed by atoms with van der Waals surface area (Å²) in [6.45, 7) is 0. The van der Waals surface area contributed by atoms with Crippen LogP contribution in [0, 0.1) is 0 Å². The van der Waals surface area contributed by atoms with Crippen LogP contribution in [0.5, 0.6) is 0 Å². The number of carbonyl (C=O) groups excluding carboxylic acids is 1. The Morgan fingerprint density at radius 1 is 1.23 bits per heavy atom. The summed E-state index contributed by atoms with van der Waals surface area (Å²) >= 11 is 1.66. The number of fused-ring (bicyclic) bond motifs is 2. The number of piperidine rings is 1.